The fraction of sp³-hybridized carbons (Fsp3) is 0.318. The Balaban J connectivity index is 2.26. The molecule has 0 aliphatic heterocycles. The van der Waals surface area contributed by atoms with Gasteiger partial charge in [0.25, 0.3) is 0 Å². The smallest absolute Gasteiger partial charge is 0.455 e. The van der Waals surface area contributed by atoms with Crippen molar-refractivity contribution in [1.82, 2.24) is 0 Å². The van der Waals surface area contributed by atoms with Gasteiger partial charge in [0.15, 0.2) is 5.73 Å². The monoisotopic (exact) mass is 400 g/mol. The number of hydrogen-bond donors (Lipinski definition) is 0. The Morgan fingerprint density at radius 2 is 1.43 bits per heavy atom. The van der Waals surface area contributed by atoms with E-state index < -0.39 is 20.5 Å². The zero-order valence-electron chi connectivity index (χ0n) is 16.5. The van der Waals surface area contributed by atoms with E-state index in [2.05, 4.69) is 6.58 Å². The topological polar surface area (TPSA) is 54.0 Å². The highest BCUT2D eigenvalue weighted by Crippen LogP contribution is 2.24. The molecule has 0 aliphatic carbocycles. The van der Waals surface area contributed by atoms with E-state index in [1.807, 2.05) is 74.5 Å². The zero-order valence-corrected chi connectivity index (χ0v) is 17.5. The van der Waals surface area contributed by atoms with E-state index in [-0.39, 0.29) is 0 Å². The van der Waals surface area contributed by atoms with Crippen LogP contribution >= 0.6 is 0 Å². The Labute approximate surface area is 168 Å². The van der Waals surface area contributed by atoms with Gasteiger partial charge in [0.1, 0.15) is 0 Å². The Kier molecular flexibility index (Phi) is 9.10. The number of carbonyl (C=O) groups is 1. The second-order valence-electron chi connectivity index (χ2n) is 6.12. The molecule has 0 saturated carbocycles. The zero-order chi connectivity index (χ0) is 20.2. The maximum Gasteiger partial charge on any atom is 0.544 e. The lowest BCUT2D eigenvalue weighted by molar-refractivity contribution is -0.143. The van der Waals surface area contributed by atoms with E-state index in [9.17, 15) is 4.79 Å². The minimum absolute atomic E-state index is 0.310. The fourth-order valence-electron chi connectivity index (χ4n) is 2.72. The summed E-state index contributed by atoms with van der Waals surface area (Å²) >= 11 is 0. The predicted molar refractivity (Wildman–Crippen MR) is 110 cm³/mol. The molecule has 0 bridgehead atoms. The first-order valence-electron chi connectivity index (χ1n) is 9.46. The molecule has 0 spiro atoms. The fourth-order valence-corrected chi connectivity index (χ4v) is 5.42. The van der Waals surface area contributed by atoms with Crippen molar-refractivity contribution in [3.05, 3.63) is 84.4 Å². The summed E-state index contributed by atoms with van der Waals surface area (Å²) in [5.41, 5.74) is 1.37. The van der Waals surface area contributed by atoms with Gasteiger partial charge < -0.3 is 18.0 Å². The number of carbonyl (C=O) groups excluding carboxylic acids is 1. The van der Waals surface area contributed by atoms with Crippen molar-refractivity contribution in [1.29, 1.82) is 0 Å². The van der Waals surface area contributed by atoms with E-state index in [1.165, 1.54) is 0 Å². The van der Waals surface area contributed by atoms with Crippen LogP contribution < -0.4 is 0 Å². The van der Waals surface area contributed by atoms with Crippen LogP contribution in [0.1, 0.15) is 31.4 Å². The molecule has 0 heterocycles. The summed E-state index contributed by atoms with van der Waals surface area (Å²) in [5.74, 6) is -0.518. The lowest BCUT2D eigenvalue weighted by Gasteiger charge is -2.34. The average Bonchev–Trinajstić information content (AvgIpc) is 2.75. The van der Waals surface area contributed by atoms with Crippen LogP contribution in [0.2, 0.25) is 0 Å². The molecule has 0 N–H and O–H groups in total. The molecular weight excluding hydrogens is 372 g/mol. The SMILES string of the molecule is C=CC(=O)OC(CC)[Si](OCC)(OCc1ccccc1)OCc1ccccc1. The molecule has 28 heavy (non-hydrogen) atoms. The summed E-state index contributed by atoms with van der Waals surface area (Å²) in [7, 11) is -3.36. The molecule has 150 valence electrons. The second kappa shape index (κ2) is 11.6. The van der Waals surface area contributed by atoms with Gasteiger partial charge in [0.2, 0.25) is 0 Å². The van der Waals surface area contributed by atoms with Crippen molar-refractivity contribution in [3.63, 3.8) is 0 Å². The van der Waals surface area contributed by atoms with Gasteiger partial charge >= 0.3 is 14.8 Å². The molecule has 1 atom stereocenters. The Morgan fingerprint density at radius 1 is 0.929 bits per heavy atom. The molecule has 6 heteroatoms. The van der Waals surface area contributed by atoms with Crippen molar-refractivity contribution in [2.24, 2.45) is 0 Å². The Hall–Kier alpha value is -2.25. The first-order chi connectivity index (χ1) is 13.6. The maximum atomic E-state index is 11.9. The standard InChI is InChI=1S/C22H28O5Si/c1-4-21(23)27-22(5-2)28(24-6-3,25-17-19-13-9-7-10-14-19)26-18-20-15-11-8-12-16-20/h4,7-16,22H,1,5-6,17-18H2,2-3H3. The van der Waals surface area contributed by atoms with E-state index in [4.69, 9.17) is 18.0 Å². The molecule has 0 radical (unpaired) electrons. The summed E-state index contributed by atoms with van der Waals surface area (Å²) < 4.78 is 24.1. The molecule has 1 unspecified atom stereocenters. The molecule has 5 nitrogen and oxygen atoms in total. The van der Waals surface area contributed by atoms with Gasteiger partial charge in [-0.1, -0.05) is 74.2 Å². The number of hydrogen-bond acceptors (Lipinski definition) is 5. The van der Waals surface area contributed by atoms with E-state index >= 15 is 0 Å². The lowest BCUT2D eigenvalue weighted by Crippen LogP contribution is -2.57. The van der Waals surface area contributed by atoms with E-state index in [0.29, 0.717) is 26.2 Å². The first-order valence-corrected chi connectivity index (χ1v) is 11.3. The van der Waals surface area contributed by atoms with Crippen LogP contribution in [0.4, 0.5) is 0 Å². The third-order valence-corrected chi connectivity index (χ3v) is 7.20. The van der Waals surface area contributed by atoms with Crippen molar-refractivity contribution >= 4 is 14.8 Å². The highest BCUT2D eigenvalue weighted by molar-refractivity contribution is 6.62. The molecular formula is C22H28O5Si. The molecule has 0 aliphatic rings. The van der Waals surface area contributed by atoms with Crippen LogP contribution in [0.15, 0.2) is 73.3 Å². The first kappa shape index (κ1) is 22.0. The average molecular weight is 401 g/mol. The molecule has 0 amide bonds. The summed E-state index contributed by atoms with van der Waals surface area (Å²) in [6, 6.07) is 19.6. The third-order valence-electron chi connectivity index (χ3n) is 4.10. The van der Waals surface area contributed by atoms with Crippen molar-refractivity contribution < 1.29 is 22.8 Å². The highest BCUT2D eigenvalue weighted by Gasteiger charge is 2.52. The van der Waals surface area contributed by atoms with Gasteiger partial charge in [-0.2, -0.15) is 0 Å². The Morgan fingerprint density at radius 3 is 1.82 bits per heavy atom. The number of esters is 1. The van der Waals surface area contributed by atoms with Gasteiger partial charge in [-0.3, -0.25) is 0 Å². The number of ether oxygens (including phenoxy) is 1. The highest BCUT2D eigenvalue weighted by atomic mass is 28.4. The van der Waals surface area contributed by atoms with Crippen LogP contribution in [0.5, 0.6) is 0 Å². The lowest BCUT2D eigenvalue weighted by atomic mass is 10.2. The van der Waals surface area contributed by atoms with Gasteiger partial charge in [-0.25, -0.2) is 4.79 Å². The van der Waals surface area contributed by atoms with Gasteiger partial charge in [-0.05, 0) is 24.5 Å². The van der Waals surface area contributed by atoms with Crippen LogP contribution in [0.25, 0.3) is 0 Å². The summed E-state index contributed by atoms with van der Waals surface area (Å²) in [4.78, 5) is 11.9. The van der Waals surface area contributed by atoms with Gasteiger partial charge in [-0.15, -0.1) is 0 Å². The predicted octanol–water partition coefficient (Wildman–Crippen LogP) is 4.44. The molecule has 0 fully saturated rings. The summed E-state index contributed by atoms with van der Waals surface area (Å²) in [5, 5.41) is 0. The van der Waals surface area contributed by atoms with E-state index in [0.717, 1.165) is 17.2 Å². The van der Waals surface area contributed by atoms with Crippen LogP contribution in [-0.2, 0) is 36.0 Å². The van der Waals surface area contributed by atoms with Crippen molar-refractivity contribution in [2.75, 3.05) is 6.61 Å². The minimum Gasteiger partial charge on any atom is -0.455 e. The third kappa shape index (κ3) is 6.42. The molecule has 2 rings (SSSR count). The second-order valence-corrected chi connectivity index (χ2v) is 8.84. The van der Waals surface area contributed by atoms with Crippen molar-refractivity contribution in [3.8, 4) is 0 Å². The maximum absolute atomic E-state index is 11.9. The molecule has 0 saturated heterocycles. The van der Waals surface area contributed by atoms with Gasteiger partial charge in [0, 0.05) is 12.7 Å². The quantitative estimate of drug-likeness (QED) is 0.299. The molecule has 2 aromatic rings. The minimum atomic E-state index is -3.36. The van der Waals surface area contributed by atoms with Crippen molar-refractivity contribution in [2.45, 2.75) is 39.2 Å². The van der Waals surface area contributed by atoms with Crippen LogP contribution in [-0.4, -0.2) is 27.1 Å². The van der Waals surface area contributed by atoms with Gasteiger partial charge in [0.05, 0.1) is 13.2 Å². The number of benzene rings is 2. The van der Waals surface area contributed by atoms with Crippen LogP contribution in [0.3, 0.4) is 0 Å². The van der Waals surface area contributed by atoms with Crippen LogP contribution in [0, 0.1) is 0 Å². The normalized spacial score (nSPS) is 12.4. The summed E-state index contributed by atoms with van der Waals surface area (Å²) in [6.07, 6.45) is 1.65. The molecule has 0 aromatic heterocycles. The number of rotatable bonds is 12. The summed E-state index contributed by atoms with van der Waals surface area (Å²) in [6.45, 7) is 8.28. The van der Waals surface area contributed by atoms with E-state index in [1.54, 1.807) is 0 Å². The molecule has 2 aromatic carbocycles. The largest absolute Gasteiger partial charge is 0.544 e. The Bertz CT molecular complexity index is 677.